The number of nitrogens with one attached hydrogen (secondary N) is 1. The Morgan fingerprint density at radius 2 is 2.31 bits per heavy atom. The minimum Gasteiger partial charge on any atom is -0.346 e. The first kappa shape index (κ1) is 12.6. The maximum absolute atomic E-state index is 11.7. The van der Waals surface area contributed by atoms with Crippen molar-refractivity contribution in [3.05, 3.63) is 6.33 Å². The van der Waals surface area contributed by atoms with E-state index >= 15 is 0 Å². The Balaban J connectivity index is 2.29. The van der Waals surface area contributed by atoms with E-state index in [0.717, 1.165) is 16.4 Å². The van der Waals surface area contributed by atoms with E-state index in [4.69, 9.17) is 5.84 Å². The Bertz CT molecular complexity index is 365. The maximum Gasteiger partial charge on any atom is 0.405 e. The van der Waals surface area contributed by atoms with Crippen LogP contribution in [0.3, 0.4) is 0 Å². The van der Waals surface area contributed by atoms with Crippen LogP contribution < -0.4 is 11.2 Å². The summed E-state index contributed by atoms with van der Waals surface area (Å²) in [4.78, 5) is 11.0. The molecule has 1 rings (SSSR count). The van der Waals surface area contributed by atoms with Crippen molar-refractivity contribution in [1.82, 2.24) is 20.2 Å². The van der Waals surface area contributed by atoms with Gasteiger partial charge in [0.1, 0.15) is 12.9 Å². The molecule has 1 aromatic rings. The molecular formula is C6H8F3N5OS. The van der Waals surface area contributed by atoms with Crippen molar-refractivity contribution in [3.63, 3.8) is 0 Å². The molecule has 10 heteroatoms. The van der Waals surface area contributed by atoms with Gasteiger partial charge in [-0.1, -0.05) is 11.8 Å². The third-order valence-corrected chi connectivity index (χ3v) is 2.32. The predicted octanol–water partition coefficient (Wildman–Crippen LogP) is -0.238. The zero-order chi connectivity index (χ0) is 12.2. The molecule has 0 aromatic carbocycles. The zero-order valence-corrected chi connectivity index (χ0v) is 8.68. The van der Waals surface area contributed by atoms with Crippen LogP contribution in [0.15, 0.2) is 11.5 Å². The van der Waals surface area contributed by atoms with Gasteiger partial charge in [-0.05, 0) is 0 Å². The first-order chi connectivity index (χ1) is 7.38. The Labute approximate surface area is 92.4 Å². The molecule has 0 saturated heterocycles. The third-order valence-electron chi connectivity index (χ3n) is 1.36. The standard InChI is InChI=1S/C6H8F3N5OS/c7-6(8,9)2-11-4(15)1-16-5-13-12-3-14(5)10/h3H,1-2,10H2,(H,11,15). The summed E-state index contributed by atoms with van der Waals surface area (Å²) in [6.45, 7) is -1.35. The number of nitrogens with two attached hydrogens (primary N) is 1. The van der Waals surface area contributed by atoms with Crippen LogP contribution in [0.2, 0.25) is 0 Å². The lowest BCUT2D eigenvalue weighted by Crippen LogP contribution is -2.34. The molecule has 3 N–H and O–H groups in total. The second-order valence-electron chi connectivity index (χ2n) is 2.70. The summed E-state index contributed by atoms with van der Waals surface area (Å²) in [5.41, 5.74) is 0. The molecular weight excluding hydrogens is 247 g/mol. The summed E-state index contributed by atoms with van der Waals surface area (Å²) in [6.07, 6.45) is -3.19. The molecule has 0 radical (unpaired) electrons. The molecule has 0 spiro atoms. The number of aromatic nitrogens is 3. The molecule has 1 aromatic heterocycles. The van der Waals surface area contributed by atoms with Gasteiger partial charge in [-0.25, -0.2) is 4.68 Å². The number of nitrogens with zero attached hydrogens (tertiary/aromatic N) is 3. The molecule has 0 saturated carbocycles. The third kappa shape index (κ3) is 4.38. The highest BCUT2D eigenvalue weighted by Gasteiger charge is 2.27. The van der Waals surface area contributed by atoms with Crippen LogP contribution in [0.25, 0.3) is 0 Å². The fourth-order valence-corrected chi connectivity index (χ4v) is 1.38. The molecule has 0 atom stereocenters. The summed E-state index contributed by atoms with van der Waals surface area (Å²) in [7, 11) is 0. The average molecular weight is 255 g/mol. The first-order valence-electron chi connectivity index (χ1n) is 4.00. The molecule has 1 heterocycles. The minimum absolute atomic E-state index is 0.202. The van der Waals surface area contributed by atoms with Gasteiger partial charge >= 0.3 is 6.18 Å². The summed E-state index contributed by atoms with van der Waals surface area (Å²) < 4.78 is 36.2. The van der Waals surface area contributed by atoms with E-state index in [2.05, 4.69) is 10.2 Å². The second kappa shape index (κ2) is 5.05. The summed E-state index contributed by atoms with van der Waals surface area (Å²) in [5.74, 6) is 4.38. The Morgan fingerprint density at radius 3 is 2.81 bits per heavy atom. The van der Waals surface area contributed by atoms with Gasteiger partial charge in [-0.15, -0.1) is 10.2 Å². The van der Waals surface area contributed by atoms with Crippen molar-refractivity contribution >= 4 is 17.7 Å². The van der Waals surface area contributed by atoms with Crippen molar-refractivity contribution in [2.45, 2.75) is 11.3 Å². The number of nitrogen functional groups attached to an aromatic ring is 1. The van der Waals surface area contributed by atoms with Crippen LogP contribution in [-0.2, 0) is 4.79 Å². The monoisotopic (exact) mass is 255 g/mol. The van der Waals surface area contributed by atoms with E-state index in [0.29, 0.717) is 0 Å². The Morgan fingerprint density at radius 1 is 1.62 bits per heavy atom. The number of alkyl halides is 3. The molecule has 90 valence electrons. The fourth-order valence-electron chi connectivity index (χ4n) is 0.715. The number of amides is 1. The number of carbonyl (C=O) groups excluding carboxylic acids is 1. The van der Waals surface area contributed by atoms with Gasteiger partial charge in [0, 0.05) is 0 Å². The van der Waals surface area contributed by atoms with Gasteiger partial charge in [0.15, 0.2) is 0 Å². The van der Waals surface area contributed by atoms with E-state index in [1.54, 1.807) is 5.32 Å². The van der Waals surface area contributed by atoms with Gasteiger partial charge in [0.25, 0.3) is 0 Å². The van der Waals surface area contributed by atoms with Crippen LogP contribution in [0, 0.1) is 0 Å². The summed E-state index contributed by atoms with van der Waals surface area (Å²) in [5, 5.41) is 8.96. The lowest BCUT2D eigenvalue weighted by molar-refractivity contribution is -0.136. The summed E-state index contributed by atoms with van der Waals surface area (Å²) >= 11 is 0.897. The van der Waals surface area contributed by atoms with Crippen LogP contribution in [0.5, 0.6) is 0 Å². The highest BCUT2D eigenvalue weighted by atomic mass is 32.2. The number of thioether (sulfide) groups is 1. The van der Waals surface area contributed by atoms with Gasteiger partial charge < -0.3 is 11.2 Å². The Kier molecular flexibility index (Phi) is 3.99. The predicted molar refractivity (Wildman–Crippen MR) is 50.0 cm³/mol. The smallest absolute Gasteiger partial charge is 0.346 e. The molecule has 16 heavy (non-hydrogen) atoms. The largest absolute Gasteiger partial charge is 0.405 e. The molecule has 0 unspecified atom stereocenters. The van der Waals surface area contributed by atoms with E-state index < -0.39 is 18.6 Å². The molecule has 0 aliphatic heterocycles. The van der Waals surface area contributed by atoms with E-state index in [1.165, 1.54) is 6.33 Å². The lowest BCUT2D eigenvalue weighted by Gasteiger charge is -2.07. The quantitative estimate of drug-likeness (QED) is 0.573. The molecule has 0 bridgehead atoms. The van der Waals surface area contributed by atoms with Crippen LogP contribution in [0.1, 0.15) is 0 Å². The number of rotatable bonds is 4. The van der Waals surface area contributed by atoms with Gasteiger partial charge in [0.05, 0.1) is 5.75 Å². The number of hydrogen-bond acceptors (Lipinski definition) is 5. The minimum atomic E-state index is -4.41. The highest BCUT2D eigenvalue weighted by Crippen LogP contribution is 2.14. The molecule has 0 aliphatic rings. The van der Waals surface area contributed by atoms with Crippen molar-refractivity contribution < 1.29 is 18.0 Å². The topological polar surface area (TPSA) is 85.8 Å². The van der Waals surface area contributed by atoms with Crippen molar-refractivity contribution in [3.8, 4) is 0 Å². The van der Waals surface area contributed by atoms with Crippen LogP contribution in [-0.4, -0.2) is 39.3 Å². The number of carbonyl (C=O) groups is 1. The van der Waals surface area contributed by atoms with Gasteiger partial charge in [-0.3, -0.25) is 4.79 Å². The van der Waals surface area contributed by atoms with Crippen molar-refractivity contribution in [1.29, 1.82) is 0 Å². The maximum atomic E-state index is 11.7. The SMILES string of the molecule is Nn1cnnc1SCC(=O)NCC(F)(F)F. The van der Waals surface area contributed by atoms with Gasteiger partial charge in [0.2, 0.25) is 11.1 Å². The zero-order valence-electron chi connectivity index (χ0n) is 7.86. The number of halogens is 3. The Hall–Kier alpha value is -1.45. The van der Waals surface area contributed by atoms with Crippen molar-refractivity contribution in [2.75, 3.05) is 18.1 Å². The fraction of sp³-hybridized carbons (Fsp3) is 0.500. The second-order valence-corrected chi connectivity index (χ2v) is 3.64. The lowest BCUT2D eigenvalue weighted by atomic mass is 10.6. The molecule has 6 nitrogen and oxygen atoms in total. The molecule has 0 aliphatic carbocycles. The van der Waals surface area contributed by atoms with E-state index in [1.807, 2.05) is 0 Å². The average Bonchev–Trinajstić information content (AvgIpc) is 2.57. The number of hydrogen-bond donors (Lipinski definition) is 2. The summed E-state index contributed by atoms with van der Waals surface area (Å²) in [6, 6.07) is 0. The first-order valence-corrected chi connectivity index (χ1v) is 4.98. The molecule has 1 amide bonds. The van der Waals surface area contributed by atoms with Crippen LogP contribution in [0.4, 0.5) is 13.2 Å². The van der Waals surface area contributed by atoms with Crippen LogP contribution >= 0.6 is 11.8 Å². The molecule has 0 fully saturated rings. The normalized spacial score (nSPS) is 11.4. The van der Waals surface area contributed by atoms with E-state index in [-0.39, 0.29) is 10.9 Å². The van der Waals surface area contributed by atoms with Gasteiger partial charge in [-0.2, -0.15) is 13.2 Å². The van der Waals surface area contributed by atoms with E-state index in [9.17, 15) is 18.0 Å². The van der Waals surface area contributed by atoms with Crippen molar-refractivity contribution in [2.24, 2.45) is 0 Å². The highest BCUT2D eigenvalue weighted by molar-refractivity contribution is 7.99.